The minimum Gasteiger partial charge on any atom is -0.497 e. The van der Waals surface area contributed by atoms with Gasteiger partial charge in [-0.05, 0) is 38.1 Å². The number of ether oxygens (including phenoxy) is 3. The van der Waals surface area contributed by atoms with Crippen molar-refractivity contribution in [3.63, 3.8) is 0 Å². The number of methoxy groups -OCH3 is 1. The molecule has 0 bridgehead atoms. The molecule has 0 spiro atoms. The standard InChI is InChI=1S/C15H23NO4/c1-4-16(5-2)10-11-19-15(17)12-20-14-8-6-13(18-3)7-9-14/h6-9H,4-5,10-12H2,1-3H3/p+1. The summed E-state index contributed by atoms with van der Waals surface area (Å²) in [5.74, 6) is 1.03. The molecule has 0 fully saturated rings. The van der Waals surface area contributed by atoms with E-state index < -0.39 is 0 Å². The van der Waals surface area contributed by atoms with Gasteiger partial charge in [-0.25, -0.2) is 4.79 Å². The third-order valence-corrected chi connectivity index (χ3v) is 3.13. The molecule has 0 aromatic heterocycles. The van der Waals surface area contributed by atoms with Gasteiger partial charge in [0.1, 0.15) is 24.7 Å². The Balaban J connectivity index is 2.22. The molecule has 0 aliphatic carbocycles. The van der Waals surface area contributed by atoms with Gasteiger partial charge in [0.25, 0.3) is 0 Å². The Kier molecular flexibility index (Phi) is 7.50. The molecule has 1 aromatic rings. The fourth-order valence-electron chi connectivity index (χ4n) is 1.77. The van der Waals surface area contributed by atoms with Crippen LogP contribution in [0.15, 0.2) is 24.3 Å². The van der Waals surface area contributed by atoms with Crippen LogP contribution in [0.4, 0.5) is 0 Å². The maximum atomic E-state index is 11.5. The van der Waals surface area contributed by atoms with Crippen LogP contribution in [-0.4, -0.2) is 45.9 Å². The lowest BCUT2D eigenvalue weighted by molar-refractivity contribution is -0.896. The summed E-state index contributed by atoms with van der Waals surface area (Å²) in [5, 5.41) is 0. The van der Waals surface area contributed by atoms with Crippen LogP contribution in [0.1, 0.15) is 13.8 Å². The van der Waals surface area contributed by atoms with E-state index in [1.165, 1.54) is 4.90 Å². The molecular formula is C15H24NO4+. The molecule has 0 atom stereocenters. The highest BCUT2D eigenvalue weighted by molar-refractivity contribution is 5.71. The first kappa shape index (κ1) is 16.3. The SMILES string of the molecule is CC[NH+](CC)CCOC(=O)COc1ccc(OC)cc1. The van der Waals surface area contributed by atoms with Crippen LogP contribution < -0.4 is 14.4 Å². The van der Waals surface area contributed by atoms with E-state index in [9.17, 15) is 4.79 Å². The molecule has 0 radical (unpaired) electrons. The van der Waals surface area contributed by atoms with E-state index >= 15 is 0 Å². The van der Waals surface area contributed by atoms with Crippen molar-refractivity contribution in [2.45, 2.75) is 13.8 Å². The van der Waals surface area contributed by atoms with Crippen molar-refractivity contribution in [2.75, 3.05) is 40.0 Å². The second-order valence-electron chi connectivity index (χ2n) is 4.39. The van der Waals surface area contributed by atoms with Gasteiger partial charge in [0.15, 0.2) is 6.61 Å². The maximum Gasteiger partial charge on any atom is 0.344 e. The van der Waals surface area contributed by atoms with E-state index in [2.05, 4.69) is 13.8 Å². The summed E-state index contributed by atoms with van der Waals surface area (Å²) < 4.78 is 15.5. The third kappa shape index (κ3) is 5.93. The Bertz CT molecular complexity index is 387. The minimum absolute atomic E-state index is 0.0695. The number of hydrogen-bond donors (Lipinski definition) is 1. The number of carbonyl (C=O) groups is 1. The predicted molar refractivity (Wildman–Crippen MR) is 76.4 cm³/mol. The van der Waals surface area contributed by atoms with Crippen molar-refractivity contribution >= 4 is 5.97 Å². The highest BCUT2D eigenvalue weighted by Crippen LogP contribution is 2.16. The van der Waals surface area contributed by atoms with E-state index in [4.69, 9.17) is 14.2 Å². The summed E-state index contributed by atoms with van der Waals surface area (Å²) in [4.78, 5) is 12.9. The first-order valence-electron chi connectivity index (χ1n) is 6.95. The largest absolute Gasteiger partial charge is 0.497 e. The first-order chi connectivity index (χ1) is 9.69. The average Bonchev–Trinajstić information content (AvgIpc) is 2.50. The van der Waals surface area contributed by atoms with E-state index in [0.717, 1.165) is 25.4 Å². The van der Waals surface area contributed by atoms with E-state index in [-0.39, 0.29) is 12.6 Å². The van der Waals surface area contributed by atoms with Gasteiger partial charge in [0, 0.05) is 0 Å². The van der Waals surface area contributed by atoms with Crippen molar-refractivity contribution in [1.82, 2.24) is 0 Å². The lowest BCUT2D eigenvalue weighted by atomic mass is 10.3. The topological polar surface area (TPSA) is 49.2 Å². The maximum absolute atomic E-state index is 11.5. The first-order valence-corrected chi connectivity index (χ1v) is 6.95. The second-order valence-corrected chi connectivity index (χ2v) is 4.39. The fraction of sp³-hybridized carbons (Fsp3) is 0.533. The van der Waals surface area contributed by atoms with Crippen LogP contribution in [0.2, 0.25) is 0 Å². The Morgan fingerprint density at radius 2 is 1.70 bits per heavy atom. The van der Waals surface area contributed by atoms with Crippen LogP contribution in [0, 0.1) is 0 Å². The number of hydrogen-bond acceptors (Lipinski definition) is 4. The molecule has 0 heterocycles. The molecule has 0 saturated heterocycles. The Labute approximate surface area is 120 Å². The molecular weight excluding hydrogens is 258 g/mol. The fourth-order valence-corrected chi connectivity index (χ4v) is 1.77. The van der Waals surface area contributed by atoms with Gasteiger partial charge in [0.05, 0.1) is 20.2 Å². The lowest BCUT2D eigenvalue weighted by Crippen LogP contribution is -3.11. The Morgan fingerprint density at radius 3 is 2.25 bits per heavy atom. The van der Waals surface area contributed by atoms with Gasteiger partial charge in [-0.15, -0.1) is 0 Å². The summed E-state index contributed by atoms with van der Waals surface area (Å²) in [7, 11) is 1.60. The van der Waals surface area contributed by atoms with E-state index in [0.29, 0.717) is 12.4 Å². The molecule has 112 valence electrons. The molecule has 20 heavy (non-hydrogen) atoms. The van der Waals surface area contributed by atoms with Crippen LogP contribution in [0.5, 0.6) is 11.5 Å². The minimum atomic E-state index is -0.340. The molecule has 0 saturated carbocycles. The quantitative estimate of drug-likeness (QED) is 0.672. The van der Waals surface area contributed by atoms with Crippen molar-refractivity contribution in [3.05, 3.63) is 24.3 Å². The number of carbonyl (C=O) groups excluding carboxylic acids is 1. The Hall–Kier alpha value is -1.75. The highest BCUT2D eigenvalue weighted by atomic mass is 16.6. The van der Waals surface area contributed by atoms with Crippen molar-refractivity contribution < 1.29 is 23.9 Å². The molecule has 5 heteroatoms. The molecule has 0 aliphatic rings. The molecule has 1 rings (SSSR count). The predicted octanol–water partition coefficient (Wildman–Crippen LogP) is 0.542. The van der Waals surface area contributed by atoms with Crippen LogP contribution in [0.25, 0.3) is 0 Å². The number of esters is 1. The molecule has 5 nitrogen and oxygen atoms in total. The number of likely N-dealkylation sites (N-methyl/N-ethyl adjacent to an activating group) is 1. The normalized spacial score (nSPS) is 10.4. The third-order valence-electron chi connectivity index (χ3n) is 3.13. The van der Waals surface area contributed by atoms with Crippen molar-refractivity contribution in [2.24, 2.45) is 0 Å². The van der Waals surface area contributed by atoms with Gasteiger partial charge in [0.2, 0.25) is 0 Å². The molecule has 0 amide bonds. The average molecular weight is 282 g/mol. The van der Waals surface area contributed by atoms with E-state index in [1.54, 1.807) is 31.4 Å². The zero-order valence-electron chi connectivity index (χ0n) is 12.5. The Morgan fingerprint density at radius 1 is 1.10 bits per heavy atom. The van der Waals surface area contributed by atoms with Gasteiger partial charge in [-0.3, -0.25) is 0 Å². The summed E-state index contributed by atoms with van der Waals surface area (Å²) in [5.41, 5.74) is 0. The molecule has 1 aromatic carbocycles. The summed E-state index contributed by atoms with van der Waals surface area (Å²) in [6, 6.07) is 7.08. The zero-order valence-corrected chi connectivity index (χ0v) is 12.5. The molecule has 0 unspecified atom stereocenters. The number of quaternary nitrogens is 1. The van der Waals surface area contributed by atoms with Gasteiger partial charge < -0.3 is 19.1 Å². The zero-order chi connectivity index (χ0) is 14.8. The number of benzene rings is 1. The van der Waals surface area contributed by atoms with Crippen LogP contribution in [-0.2, 0) is 9.53 Å². The molecule has 1 N–H and O–H groups in total. The van der Waals surface area contributed by atoms with Crippen LogP contribution >= 0.6 is 0 Å². The van der Waals surface area contributed by atoms with E-state index in [1.807, 2.05) is 0 Å². The number of rotatable bonds is 9. The summed E-state index contributed by atoms with van der Waals surface area (Å²) in [6.07, 6.45) is 0. The van der Waals surface area contributed by atoms with Crippen molar-refractivity contribution in [1.29, 1.82) is 0 Å². The summed E-state index contributed by atoms with van der Waals surface area (Å²) >= 11 is 0. The van der Waals surface area contributed by atoms with Crippen LogP contribution in [0.3, 0.4) is 0 Å². The molecule has 0 aliphatic heterocycles. The van der Waals surface area contributed by atoms with Crippen molar-refractivity contribution in [3.8, 4) is 11.5 Å². The summed E-state index contributed by atoms with van der Waals surface area (Å²) in [6.45, 7) is 7.51. The van der Waals surface area contributed by atoms with Gasteiger partial charge in [-0.2, -0.15) is 0 Å². The second kappa shape index (κ2) is 9.20. The van der Waals surface area contributed by atoms with Gasteiger partial charge in [-0.1, -0.05) is 0 Å². The number of nitrogens with one attached hydrogen (secondary N) is 1. The smallest absolute Gasteiger partial charge is 0.344 e. The monoisotopic (exact) mass is 282 g/mol. The lowest BCUT2D eigenvalue weighted by Gasteiger charge is -2.15. The highest BCUT2D eigenvalue weighted by Gasteiger charge is 2.07. The van der Waals surface area contributed by atoms with Gasteiger partial charge >= 0.3 is 5.97 Å².